The SMILES string of the molecule is N=C(NC(=O)OCc1ccccc1)NC(=O)c1ccc(C2CCN(C(=O)c3ccc(F)cc3C(F)(F)F)CC2)c(C(F)(F)F)c1. The van der Waals surface area contributed by atoms with Crippen LogP contribution in [0, 0.1) is 11.2 Å². The highest BCUT2D eigenvalue weighted by Crippen LogP contribution is 2.40. The lowest BCUT2D eigenvalue weighted by molar-refractivity contribution is -0.139. The smallest absolute Gasteiger partial charge is 0.417 e. The lowest BCUT2D eigenvalue weighted by Crippen LogP contribution is -2.43. The van der Waals surface area contributed by atoms with Gasteiger partial charge in [-0.2, -0.15) is 26.3 Å². The molecule has 3 amide bonds. The van der Waals surface area contributed by atoms with Gasteiger partial charge in [0.1, 0.15) is 12.4 Å². The van der Waals surface area contributed by atoms with Crippen LogP contribution in [-0.4, -0.2) is 41.9 Å². The van der Waals surface area contributed by atoms with Crippen molar-refractivity contribution in [1.29, 1.82) is 5.41 Å². The Balaban J connectivity index is 1.41. The maximum atomic E-state index is 14.1. The van der Waals surface area contributed by atoms with E-state index in [4.69, 9.17) is 10.1 Å². The largest absolute Gasteiger partial charge is 0.444 e. The van der Waals surface area contributed by atoms with E-state index in [1.165, 1.54) is 0 Å². The number of guanidine groups is 1. The molecular formula is C30H25F7N4O4. The molecule has 1 aliphatic heterocycles. The zero-order valence-electron chi connectivity index (χ0n) is 23.2. The Bertz CT molecular complexity index is 1590. The number of amides is 3. The van der Waals surface area contributed by atoms with Gasteiger partial charge in [0.25, 0.3) is 11.8 Å². The average Bonchev–Trinajstić information content (AvgIpc) is 2.99. The van der Waals surface area contributed by atoms with Crippen molar-refractivity contribution < 1.29 is 49.9 Å². The normalized spacial score (nSPS) is 14.1. The van der Waals surface area contributed by atoms with Crippen molar-refractivity contribution in [3.63, 3.8) is 0 Å². The van der Waals surface area contributed by atoms with Crippen molar-refractivity contribution in [2.24, 2.45) is 0 Å². The Morgan fingerprint density at radius 1 is 0.844 bits per heavy atom. The number of nitrogens with one attached hydrogen (secondary N) is 3. The zero-order valence-corrected chi connectivity index (χ0v) is 23.2. The molecule has 1 saturated heterocycles. The second-order valence-corrected chi connectivity index (χ2v) is 10.1. The number of alkyl carbamates (subject to hydrolysis) is 1. The van der Waals surface area contributed by atoms with E-state index in [1.807, 2.05) is 10.6 Å². The maximum absolute atomic E-state index is 14.1. The molecule has 45 heavy (non-hydrogen) atoms. The first kappa shape index (κ1) is 33.0. The summed E-state index contributed by atoms with van der Waals surface area (Å²) in [4.78, 5) is 38.4. The number of halogens is 7. The van der Waals surface area contributed by atoms with Gasteiger partial charge in [-0.25, -0.2) is 9.18 Å². The lowest BCUT2D eigenvalue weighted by atomic mass is 9.85. The summed E-state index contributed by atoms with van der Waals surface area (Å²) in [6.45, 7) is -0.458. The number of piperidine rings is 1. The number of hydrogen-bond acceptors (Lipinski definition) is 5. The fourth-order valence-corrected chi connectivity index (χ4v) is 4.88. The number of rotatable bonds is 5. The minimum atomic E-state index is -5.00. The van der Waals surface area contributed by atoms with Crippen molar-refractivity contribution >= 4 is 23.9 Å². The highest BCUT2D eigenvalue weighted by Gasteiger charge is 2.39. The van der Waals surface area contributed by atoms with Crippen LogP contribution in [0.3, 0.4) is 0 Å². The average molecular weight is 639 g/mol. The predicted octanol–water partition coefficient (Wildman–Crippen LogP) is 6.47. The Kier molecular flexibility index (Phi) is 9.78. The summed E-state index contributed by atoms with van der Waals surface area (Å²) in [5, 5.41) is 11.7. The van der Waals surface area contributed by atoms with Crippen LogP contribution in [0.4, 0.5) is 35.5 Å². The van der Waals surface area contributed by atoms with Gasteiger partial charge in [-0.1, -0.05) is 36.4 Å². The summed E-state index contributed by atoms with van der Waals surface area (Å²) in [6, 6.07) is 13.0. The van der Waals surface area contributed by atoms with Crippen LogP contribution in [0.1, 0.15) is 61.7 Å². The van der Waals surface area contributed by atoms with Gasteiger partial charge in [0.05, 0.1) is 16.7 Å². The molecule has 0 saturated carbocycles. The number of alkyl halides is 6. The van der Waals surface area contributed by atoms with Crippen LogP contribution in [0.2, 0.25) is 0 Å². The number of ether oxygens (including phenoxy) is 1. The van der Waals surface area contributed by atoms with Gasteiger partial charge in [-0.3, -0.25) is 25.6 Å². The van der Waals surface area contributed by atoms with Crippen LogP contribution >= 0.6 is 0 Å². The highest BCUT2D eigenvalue weighted by atomic mass is 19.4. The van der Waals surface area contributed by atoms with E-state index in [0.717, 1.165) is 29.2 Å². The lowest BCUT2D eigenvalue weighted by Gasteiger charge is -2.34. The predicted molar refractivity (Wildman–Crippen MR) is 146 cm³/mol. The van der Waals surface area contributed by atoms with Crippen molar-refractivity contribution in [1.82, 2.24) is 15.5 Å². The number of carbonyl (C=O) groups excluding carboxylic acids is 3. The minimum absolute atomic E-state index is 0.0252. The number of hydrogen-bond donors (Lipinski definition) is 3. The minimum Gasteiger partial charge on any atom is -0.444 e. The van der Waals surface area contributed by atoms with E-state index in [2.05, 4.69) is 0 Å². The van der Waals surface area contributed by atoms with Crippen molar-refractivity contribution in [2.45, 2.75) is 37.7 Å². The first-order valence-corrected chi connectivity index (χ1v) is 13.4. The van der Waals surface area contributed by atoms with Gasteiger partial charge >= 0.3 is 18.4 Å². The number of carbonyl (C=O) groups is 3. The molecule has 3 aromatic rings. The quantitative estimate of drug-likeness (QED) is 0.169. The Labute approximate surface area is 251 Å². The van der Waals surface area contributed by atoms with E-state index in [0.29, 0.717) is 11.6 Å². The van der Waals surface area contributed by atoms with Gasteiger partial charge in [-0.05, 0) is 60.2 Å². The summed E-state index contributed by atoms with van der Waals surface area (Å²) < 4.78 is 101. The van der Waals surface area contributed by atoms with Gasteiger partial charge in [0.2, 0.25) is 5.96 Å². The fourth-order valence-electron chi connectivity index (χ4n) is 4.88. The molecule has 0 spiro atoms. The Morgan fingerprint density at radius 2 is 1.49 bits per heavy atom. The molecule has 8 nitrogen and oxygen atoms in total. The molecule has 238 valence electrons. The molecule has 1 aliphatic rings. The maximum Gasteiger partial charge on any atom is 0.417 e. The van der Waals surface area contributed by atoms with E-state index in [-0.39, 0.29) is 44.2 Å². The topological polar surface area (TPSA) is 112 Å². The Hall–Kier alpha value is -4.95. The van der Waals surface area contributed by atoms with Gasteiger partial charge < -0.3 is 9.64 Å². The van der Waals surface area contributed by atoms with Crippen molar-refractivity contribution in [2.75, 3.05) is 13.1 Å². The molecule has 4 rings (SSSR count). The summed E-state index contributed by atoms with van der Waals surface area (Å²) >= 11 is 0. The second-order valence-electron chi connectivity index (χ2n) is 10.1. The summed E-state index contributed by atoms with van der Waals surface area (Å²) in [7, 11) is 0. The molecule has 3 N–H and O–H groups in total. The molecule has 0 aliphatic carbocycles. The first-order chi connectivity index (χ1) is 21.1. The molecule has 0 aromatic heterocycles. The molecule has 0 radical (unpaired) electrons. The molecule has 1 heterocycles. The van der Waals surface area contributed by atoms with Gasteiger partial charge in [0.15, 0.2) is 0 Å². The van der Waals surface area contributed by atoms with E-state index >= 15 is 0 Å². The number of nitrogens with zero attached hydrogens (tertiary/aromatic N) is 1. The van der Waals surface area contributed by atoms with Crippen LogP contribution in [0.5, 0.6) is 0 Å². The Morgan fingerprint density at radius 3 is 2.11 bits per heavy atom. The van der Waals surface area contributed by atoms with Crippen LogP contribution in [-0.2, 0) is 23.7 Å². The van der Waals surface area contributed by atoms with Crippen LogP contribution < -0.4 is 10.6 Å². The molecule has 3 aromatic carbocycles. The van der Waals surface area contributed by atoms with Crippen LogP contribution in [0.25, 0.3) is 0 Å². The number of likely N-dealkylation sites (tertiary alicyclic amines) is 1. The summed E-state index contributed by atoms with van der Waals surface area (Å²) in [5.74, 6) is -4.90. The molecule has 15 heteroatoms. The highest BCUT2D eigenvalue weighted by molar-refractivity contribution is 6.08. The zero-order chi connectivity index (χ0) is 32.9. The third-order valence-corrected chi connectivity index (χ3v) is 7.04. The summed E-state index contributed by atoms with van der Waals surface area (Å²) in [5.41, 5.74) is -3.34. The number of benzene rings is 3. The van der Waals surface area contributed by atoms with Gasteiger partial charge in [0, 0.05) is 18.7 Å². The van der Waals surface area contributed by atoms with E-state index < -0.39 is 70.2 Å². The first-order valence-electron chi connectivity index (χ1n) is 13.4. The van der Waals surface area contributed by atoms with E-state index in [9.17, 15) is 45.1 Å². The third-order valence-electron chi connectivity index (χ3n) is 7.04. The van der Waals surface area contributed by atoms with Crippen molar-refractivity contribution in [3.05, 3.63) is 106 Å². The molecule has 0 bridgehead atoms. The molecule has 0 atom stereocenters. The fraction of sp³-hybridized carbons (Fsp3) is 0.267. The molecule has 0 unspecified atom stereocenters. The van der Waals surface area contributed by atoms with Crippen molar-refractivity contribution in [3.8, 4) is 0 Å². The molecule has 1 fully saturated rings. The van der Waals surface area contributed by atoms with Crippen LogP contribution in [0.15, 0.2) is 66.7 Å². The van der Waals surface area contributed by atoms with E-state index in [1.54, 1.807) is 30.3 Å². The second kappa shape index (κ2) is 13.4. The third kappa shape index (κ3) is 8.37. The van der Waals surface area contributed by atoms with Gasteiger partial charge in [-0.15, -0.1) is 0 Å². The standard InChI is InChI=1S/C30H25F7N4O4/c31-20-7-9-22(24(15-20)30(35,36)37)26(43)41-12-10-18(11-13-41)21-8-6-19(14-23(21)29(32,33)34)25(42)39-27(38)40-28(44)45-16-17-4-2-1-3-5-17/h1-9,14-15,18H,10-13,16H2,(H3,38,39,40,42,44). The monoisotopic (exact) mass is 638 g/mol. The molecular weight excluding hydrogens is 613 g/mol. The summed E-state index contributed by atoms with van der Waals surface area (Å²) in [6.07, 6.45) is -11.0.